The first kappa shape index (κ1) is 21.1. The van der Waals surface area contributed by atoms with Crippen molar-refractivity contribution in [3.63, 3.8) is 0 Å². The summed E-state index contributed by atoms with van der Waals surface area (Å²) in [7, 11) is 1.97. The minimum absolute atomic E-state index is 0.153. The molecule has 3 aromatic heterocycles. The van der Waals surface area contributed by atoms with E-state index < -0.39 is 5.92 Å². The van der Waals surface area contributed by atoms with Crippen LogP contribution in [0.3, 0.4) is 0 Å². The zero-order chi connectivity index (χ0) is 23.0. The average molecular weight is 447 g/mol. The van der Waals surface area contributed by atoms with Crippen LogP contribution in [0.1, 0.15) is 18.4 Å². The Balaban J connectivity index is 1.35. The Morgan fingerprint density at radius 3 is 2.61 bits per heavy atom. The molecule has 1 aliphatic rings. The van der Waals surface area contributed by atoms with E-state index in [2.05, 4.69) is 39.0 Å². The Kier molecular flexibility index (Phi) is 5.28. The van der Waals surface area contributed by atoms with Crippen LogP contribution >= 0.6 is 0 Å². The van der Waals surface area contributed by atoms with Crippen molar-refractivity contribution in [3.05, 3.63) is 73.5 Å². The van der Waals surface area contributed by atoms with Crippen molar-refractivity contribution in [2.24, 2.45) is 7.05 Å². The smallest absolute Gasteiger partial charge is 0.251 e. The minimum atomic E-state index is -2.59. The molecule has 1 N–H and O–H groups in total. The summed E-state index contributed by atoms with van der Waals surface area (Å²) in [6, 6.07) is 11.9. The number of anilines is 2. The molecule has 1 aromatic carbocycles. The summed E-state index contributed by atoms with van der Waals surface area (Å²) < 4.78 is 29.0. The molecule has 168 valence electrons. The molecule has 0 atom stereocenters. The van der Waals surface area contributed by atoms with Crippen LogP contribution in [0.15, 0.2) is 67.9 Å². The van der Waals surface area contributed by atoms with E-state index in [0.29, 0.717) is 17.3 Å². The number of hydrogen-bond donors (Lipinski definition) is 1. The molecule has 0 spiro atoms. The van der Waals surface area contributed by atoms with Gasteiger partial charge in [-0.05, 0) is 29.7 Å². The summed E-state index contributed by atoms with van der Waals surface area (Å²) in [5.74, 6) is -1.23. The zero-order valence-corrected chi connectivity index (χ0v) is 18.3. The lowest BCUT2D eigenvalue weighted by Gasteiger charge is -2.32. The molecule has 1 saturated heterocycles. The van der Waals surface area contributed by atoms with Crippen molar-refractivity contribution >= 4 is 28.1 Å². The normalized spacial score (nSPS) is 15.5. The van der Waals surface area contributed by atoms with Gasteiger partial charge in [-0.2, -0.15) is 0 Å². The molecule has 4 aromatic rings. The minimum Gasteiger partial charge on any atom is -0.356 e. The second kappa shape index (κ2) is 8.27. The molecule has 5 rings (SSSR count). The standard InChI is InChI=1S/C25H24F2N6/c1-17(18-5-8-29-24(13-18)33-9-6-25(26,27)7-10-33)31-23-12-21-11-19(3-4-20(21)14-30-23)22-15-28-16-32(22)2/h3-5,8,11-16H,1,6-7,9-10H2,2H3,(H,30,31). The SMILES string of the molecule is C=C(Nc1cc2cc(-c3cncn3C)ccc2cn1)c1ccnc(N2CCC(F)(F)CC2)c1. The molecule has 0 radical (unpaired) electrons. The maximum absolute atomic E-state index is 13.5. The number of nitrogens with zero attached hydrogens (tertiary/aromatic N) is 5. The van der Waals surface area contributed by atoms with Crippen LogP contribution in [0.25, 0.3) is 27.7 Å². The highest BCUT2D eigenvalue weighted by Gasteiger charge is 2.34. The molecular formula is C25H24F2N6. The van der Waals surface area contributed by atoms with Gasteiger partial charge in [0.15, 0.2) is 0 Å². The summed E-state index contributed by atoms with van der Waals surface area (Å²) >= 11 is 0. The second-order valence-corrected chi connectivity index (χ2v) is 8.37. The number of aryl methyl sites for hydroxylation is 1. The second-order valence-electron chi connectivity index (χ2n) is 8.37. The largest absolute Gasteiger partial charge is 0.356 e. The molecular weight excluding hydrogens is 422 g/mol. The van der Waals surface area contributed by atoms with Gasteiger partial charge in [-0.25, -0.2) is 23.7 Å². The van der Waals surface area contributed by atoms with Crippen molar-refractivity contribution < 1.29 is 8.78 Å². The van der Waals surface area contributed by atoms with Crippen LogP contribution in [-0.2, 0) is 7.05 Å². The molecule has 0 saturated carbocycles. The van der Waals surface area contributed by atoms with E-state index in [9.17, 15) is 8.78 Å². The number of aromatic nitrogens is 4. The highest BCUT2D eigenvalue weighted by Crippen LogP contribution is 2.31. The summed E-state index contributed by atoms with van der Waals surface area (Å²) in [6.45, 7) is 4.72. The number of pyridine rings is 2. The van der Waals surface area contributed by atoms with Crippen molar-refractivity contribution in [2.45, 2.75) is 18.8 Å². The predicted octanol–water partition coefficient (Wildman–Crippen LogP) is 5.35. The highest BCUT2D eigenvalue weighted by atomic mass is 19.3. The van der Waals surface area contributed by atoms with Crippen molar-refractivity contribution in [2.75, 3.05) is 23.3 Å². The summed E-state index contributed by atoms with van der Waals surface area (Å²) in [4.78, 5) is 15.0. The molecule has 0 unspecified atom stereocenters. The maximum atomic E-state index is 13.5. The number of imidazole rings is 1. The van der Waals surface area contributed by atoms with Crippen LogP contribution in [0.5, 0.6) is 0 Å². The molecule has 0 aliphatic carbocycles. The van der Waals surface area contributed by atoms with Crippen LogP contribution in [-0.4, -0.2) is 38.5 Å². The van der Waals surface area contributed by atoms with E-state index in [4.69, 9.17) is 0 Å². The van der Waals surface area contributed by atoms with Crippen molar-refractivity contribution in [1.29, 1.82) is 0 Å². The maximum Gasteiger partial charge on any atom is 0.251 e. The fourth-order valence-corrected chi connectivity index (χ4v) is 4.07. The first-order valence-corrected chi connectivity index (χ1v) is 10.8. The Labute approximate surface area is 190 Å². The van der Waals surface area contributed by atoms with Gasteiger partial charge in [0.2, 0.25) is 0 Å². The van der Waals surface area contributed by atoms with Crippen LogP contribution < -0.4 is 10.2 Å². The molecule has 33 heavy (non-hydrogen) atoms. The van der Waals surface area contributed by atoms with Gasteiger partial charge in [0.05, 0.1) is 18.2 Å². The molecule has 1 aliphatic heterocycles. The van der Waals surface area contributed by atoms with Gasteiger partial charge in [-0.3, -0.25) is 0 Å². The lowest BCUT2D eigenvalue weighted by molar-refractivity contribution is -0.0221. The third-order valence-corrected chi connectivity index (χ3v) is 6.03. The number of alkyl halides is 2. The van der Waals surface area contributed by atoms with E-state index in [1.807, 2.05) is 53.2 Å². The Morgan fingerprint density at radius 2 is 1.85 bits per heavy atom. The van der Waals surface area contributed by atoms with E-state index >= 15 is 0 Å². The zero-order valence-electron chi connectivity index (χ0n) is 18.3. The Morgan fingerprint density at radius 1 is 1.03 bits per heavy atom. The molecule has 8 heteroatoms. The van der Waals surface area contributed by atoms with E-state index in [0.717, 1.165) is 27.6 Å². The lowest BCUT2D eigenvalue weighted by Crippen LogP contribution is -2.39. The molecule has 4 heterocycles. The number of benzene rings is 1. The van der Waals surface area contributed by atoms with Crippen LogP contribution in [0.2, 0.25) is 0 Å². The van der Waals surface area contributed by atoms with Crippen molar-refractivity contribution in [3.8, 4) is 11.3 Å². The van der Waals surface area contributed by atoms with Gasteiger partial charge in [-0.15, -0.1) is 0 Å². The third kappa shape index (κ3) is 4.41. The van der Waals surface area contributed by atoms with Gasteiger partial charge < -0.3 is 14.8 Å². The lowest BCUT2D eigenvalue weighted by atomic mass is 10.1. The third-order valence-electron chi connectivity index (χ3n) is 6.03. The number of halogens is 2. The average Bonchev–Trinajstić information content (AvgIpc) is 3.24. The molecule has 6 nitrogen and oxygen atoms in total. The molecule has 0 bridgehead atoms. The monoisotopic (exact) mass is 446 g/mol. The first-order chi connectivity index (χ1) is 15.9. The summed E-state index contributed by atoms with van der Waals surface area (Å²) in [5.41, 5.74) is 3.61. The number of hydrogen-bond acceptors (Lipinski definition) is 5. The molecule has 1 fully saturated rings. The number of nitrogens with one attached hydrogen (secondary N) is 1. The highest BCUT2D eigenvalue weighted by molar-refractivity contribution is 5.89. The van der Waals surface area contributed by atoms with E-state index in [1.165, 1.54) is 0 Å². The first-order valence-electron chi connectivity index (χ1n) is 10.8. The van der Waals surface area contributed by atoms with E-state index in [-0.39, 0.29) is 25.9 Å². The Bertz CT molecular complexity index is 1320. The van der Waals surface area contributed by atoms with Gasteiger partial charge in [-0.1, -0.05) is 18.7 Å². The summed E-state index contributed by atoms with van der Waals surface area (Å²) in [6.07, 6.45) is 6.82. The van der Waals surface area contributed by atoms with Crippen molar-refractivity contribution in [1.82, 2.24) is 19.5 Å². The fraction of sp³-hybridized carbons (Fsp3) is 0.240. The Hall–Kier alpha value is -3.81. The quantitative estimate of drug-likeness (QED) is 0.448. The topological polar surface area (TPSA) is 58.9 Å². The van der Waals surface area contributed by atoms with Crippen LogP contribution in [0.4, 0.5) is 20.4 Å². The van der Waals surface area contributed by atoms with Crippen LogP contribution in [0, 0.1) is 0 Å². The van der Waals surface area contributed by atoms with E-state index in [1.54, 1.807) is 12.5 Å². The van der Waals surface area contributed by atoms with Gasteiger partial charge in [0, 0.05) is 67.6 Å². The number of rotatable bonds is 5. The summed E-state index contributed by atoms with van der Waals surface area (Å²) in [5, 5.41) is 5.35. The fourth-order valence-electron chi connectivity index (χ4n) is 4.07. The number of fused-ring (bicyclic) bond motifs is 1. The molecule has 0 amide bonds. The number of piperidine rings is 1. The predicted molar refractivity (Wildman–Crippen MR) is 127 cm³/mol. The van der Waals surface area contributed by atoms with Gasteiger partial charge in [0.1, 0.15) is 11.6 Å². The van der Waals surface area contributed by atoms with Gasteiger partial charge in [0.25, 0.3) is 5.92 Å². The van der Waals surface area contributed by atoms with Gasteiger partial charge >= 0.3 is 0 Å².